The summed E-state index contributed by atoms with van der Waals surface area (Å²) >= 11 is 1.18. The van der Waals surface area contributed by atoms with Crippen LogP contribution in [0.1, 0.15) is 31.1 Å². The molecule has 174 valence electrons. The van der Waals surface area contributed by atoms with Gasteiger partial charge in [-0.15, -0.1) is 11.3 Å². The average Bonchev–Trinajstić information content (AvgIpc) is 3.33. The summed E-state index contributed by atoms with van der Waals surface area (Å²) in [7, 11) is -1.17. The molecule has 3 heterocycles. The Bertz CT molecular complexity index is 1200. The summed E-state index contributed by atoms with van der Waals surface area (Å²) in [6.45, 7) is 9.47. The van der Waals surface area contributed by atoms with E-state index >= 15 is 0 Å². The van der Waals surface area contributed by atoms with Crippen LogP contribution in [-0.4, -0.2) is 35.5 Å². The van der Waals surface area contributed by atoms with Gasteiger partial charge in [0.15, 0.2) is 0 Å². The molecule has 0 bridgehead atoms. The van der Waals surface area contributed by atoms with Crippen molar-refractivity contribution in [3.05, 3.63) is 40.2 Å². The number of hydrogen-bond donors (Lipinski definition) is 1. The molecule has 0 aliphatic heterocycles. The van der Waals surface area contributed by atoms with Crippen LogP contribution in [0.15, 0.2) is 27.7 Å². The number of aromatic nitrogens is 2. The number of alkyl halides is 2. The normalized spacial score (nSPS) is 20.6. The zero-order valence-corrected chi connectivity index (χ0v) is 20.5. The van der Waals surface area contributed by atoms with Crippen LogP contribution in [0, 0.1) is 0 Å². The van der Waals surface area contributed by atoms with Gasteiger partial charge in [0.2, 0.25) is 0 Å². The molecule has 0 aromatic carbocycles. The maximum Gasteiger partial charge on any atom is 0.354 e. The molecule has 0 spiro atoms. The van der Waals surface area contributed by atoms with Crippen molar-refractivity contribution < 1.29 is 23.0 Å². The second kappa shape index (κ2) is 8.16. The summed E-state index contributed by atoms with van der Waals surface area (Å²) in [4.78, 5) is 13.4. The van der Waals surface area contributed by atoms with Gasteiger partial charge < -0.3 is 14.3 Å². The van der Waals surface area contributed by atoms with Crippen molar-refractivity contribution in [3.63, 3.8) is 0 Å². The van der Waals surface area contributed by atoms with E-state index in [-0.39, 0.29) is 22.4 Å². The summed E-state index contributed by atoms with van der Waals surface area (Å²) in [5.74, 6) is -3.11. The van der Waals surface area contributed by atoms with Gasteiger partial charge in [-0.2, -0.15) is 5.10 Å². The molecule has 3 aromatic rings. The third kappa shape index (κ3) is 4.59. The summed E-state index contributed by atoms with van der Waals surface area (Å²) in [5.41, 5.74) is -1.49. The Labute approximate surface area is 189 Å². The molecule has 0 saturated carbocycles. The van der Waals surface area contributed by atoms with E-state index in [1.54, 1.807) is 23.9 Å². The first-order valence-electron chi connectivity index (χ1n) is 10.7. The van der Waals surface area contributed by atoms with Crippen LogP contribution < -0.4 is 5.63 Å². The van der Waals surface area contributed by atoms with Crippen LogP contribution in [-0.2, 0) is 23.5 Å². The monoisotopic (exact) mass is 482 g/mol. The van der Waals surface area contributed by atoms with Gasteiger partial charge in [0.05, 0.1) is 6.20 Å². The van der Waals surface area contributed by atoms with E-state index in [0.717, 1.165) is 16.5 Å². The number of aliphatic hydroxyl groups is 1. The Morgan fingerprint density at radius 2 is 2.12 bits per heavy atom. The van der Waals surface area contributed by atoms with Crippen molar-refractivity contribution in [3.8, 4) is 10.4 Å². The van der Waals surface area contributed by atoms with E-state index in [2.05, 4.69) is 24.7 Å². The van der Waals surface area contributed by atoms with E-state index in [0.29, 0.717) is 18.7 Å². The van der Waals surface area contributed by atoms with E-state index in [4.69, 9.17) is 9.15 Å². The standard InChI is InChI=1S/C22H28F2N2O4SSi/c1-5-21(28)12-22(23,24)9-16-15-8-17(31-18(15)20(27)30-19(16)21)14-10-25-26(11-14)13-29-6-7-32(2,3)4/h8,10-11,28H,5-7,9,12-13H2,1-4H3. The number of fused-ring (bicyclic) bond motifs is 3. The quantitative estimate of drug-likeness (QED) is 0.370. The Morgan fingerprint density at radius 1 is 1.38 bits per heavy atom. The largest absolute Gasteiger partial charge is 0.423 e. The fourth-order valence-corrected chi connectivity index (χ4v) is 5.79. The second-order valence-corrected chi connectivity index (χ2v) is 16.4. The van der Waals surface area contributed by atoms with Crippen molar-refractivity contribution in [2.75, 3.05) is 6.61 Å². The topological polar surface area (TPSA) is 77.5 Å². The van der Waals surface area contributed by atoms with Crippen molar-refractivity contribution in [1.82, 2.24) is 9.78 Å². The van der Waals surface area contributed by atoms with E-state index in [1.165, 1.54) is 11.3 Å². The van der Waals surface area contributed by atoms with Crippen LogP contribution in [0.25, 0.3) is 20.5 Å². The van der Waals surface area contributed by atoms with Crippen molar-refractivity contribution in [2.24, 2.45) is 0 Å². The number of rotatable bonds is 7. The predicted molar refractivity (Wildman–Crippen MR) is 123 cm³/mol. The van der Waals surface area contributed by atoms with Gasteiger partial charge >= 0.3 is 5.63 Å². The van der Waals surface area contributed by atoms with Gasteiger partial charge in [-0.3, -0.25) is 0 Å². The third-order valence-electron chi connectivity index (χ3n) is 5.84. The molecule has 32 heavy (non-hydrogen) atoms. The van der Waals surface area contributed by atoms with Crippen molar-refractivity contribution in [1.29, 1.82) is 0 Å². The van der Waals surface area contributed by atoms with Crippen LogP contribution in [0.2, 0.25) is 25.7 Å². The Hall–Kier alpha value is -1.88. The molecule has 0 fully saturated rings. The number of ether oxygens (including phenoxy) is 1. The smallest absolute Gasteiger partial charge is 0.354 e. The zero-order valence-electron chi connectivity index (χ0n) is 18.7. The van der Waals surface area contributed by atoms with Crippen LogP contribution in [0.5, 0.6) is 0 Å². The molecule has 6 nitrogen and oxygen atoms in total. The number of hydrogen-bond acceptors (Lipinski definition) is 6. The molecule has 10 heteroatoms. The van der Waals surface area contributed by atoms with Crippen LogP contribution in [0.4, 0.5) is 8.78 Å². The first-order valence-corrected chi connectivity index (χ1v) is 15.2. The molecule has 1 unspecified atom stereocenters. The lowest BCUT2D eigenvalue weighted by Crippen LogP contribution is -2.41. The molecule has 1 aliphatic rings. The average molecular weight is 483 g/mol. The number of thiophene rings is 1. The van der Waals surface area contributed by atoms with Gasteiger partial charge in [-0.25, -0.2) is 18.3 Å². The van der Waals surface area contributed by atoms with Gasteiger partial charge in [0.1, 0.15) is 22.8 Å². The van der Waals surface area contributed by atoms with Gasteiger partial charge in [-0.1, -0.05) is 26.6 Å². The lowest BCUT2D eigenvalue weighted by atomic mass is 9.79. The minimum absolute atomic E-state index is 0.0285. The SMILES string of the molecule is CCC1(O)CC(F)(F)Cc2c1oc(=O)c1sc(-c3cnn(COCC[Si](C)(C)C)c3)cc21. The molecule has 1 aliphatic carbocycles. The highest BCUT2D eigenvalue weighted by molar-refractivity contribution is 7.22. The van der Waals surface area contributed by atoms with Crippen LogP contribution in [0.3, 0.4) is 0 Å². The second-order valence-electron chi connectivity index (χ2n) is 9.76. The van der Waals surface area contributed by atoms with Crippen LogP contribution >= 0.6 is 11.3 Å². The lowest BCUT2D eigenvalue weighted by molar-refractivity contribution is -0.116. The number of halogens is 2. The van der Waals surface area contributed by atoms with Gasteiger partial charge in [0.25, 0.3) is 5.92 Å². The fraction of sp³-hybridized carbons (Fsp3) is 0.545. The minimum Gasteiger partial charge on any atom is -0.423 e. The predicted octanol–water partition coefficient (Wildman–Crippen LogP) is 5.21. The lowest BCUT2D eigenvalue weighted by Gasteiger charge is -2.36. The molecule has 4 rings (SSSR count). The molecule has 0 radical (unpaired) electrons. The van der Waals surface area contributed by atoms with Crippen molar-refractivity contribution >= 4 is 29.5 Å². The summed E-state index contributed by atoms with van der Waals surface area (Å²) in [6.07, 6.45) is 2.19. The fourth-order valence-electron chi connectivity index (χ4n) is 4.00. The van der Waals surface area contributed by atoms with Gasteiger partial charge in [-0.05, 0) is 18.5 Å². The molecular weight excluding hydrogens is 454 g/mol. The first-order chi connectivity index (χ1) is 14.9. The molecular formula is C22H28F2N2O4SSi. The molecule has 1 atom stereocenters. The maximum atomic E-state index is 14.4. The highest BCUT2D eigenvalue weighted by atomic mass is 32.1. The Balaban J connectivity index is 1.65. The maximum absolute atomic E-state index is 14.4. The van der Waals surface area contributed by atoms with E-state index < -0.39 is 38.1 Å². The highest BCUT2D eigenvalue weighted by Crippen LogP contribution is 2.47. The molecule has 1 N–H and O–H groups in total. The van der Waals surface area contributed by atoms with E-state index in [9.17, 15) is 18.7 Å². The minimum atomic E-state index is -3.08. The van der Waals surface area contributed by atoms with E-state index in [1.807, 2.05) is 6.20 Å². The van der Waals surface area contributed by atoms with Gasteiger partial charge in [0, 0.05) is 55.1 Å². The summed E-state index contributed by atoms with van der Waals surface area (Å²) < 4.78 is 42.0. The third-order valence-corrected chi connectivity index (χ3v) is 8.71. The first kappa shape index (κ1) is 23.3. The highest BCUT2D eigenvalue weighted by Gasteiger charge is 2.50. The molecule has 0 amide bonds. The number of nitrogens with zero attached hydrogens (tertiary/aromatic N) is 2. The summed E-state index contributed by atoms with van der Waals surface area (Å²) in [6, 6.07) is 2.79. The zero-order chi connectivity index (χ0) is 23.3. The molecule has 3 aromatic heterocycles. The summed E-state index contributed by atoms with van der Waals surface area (Å²) in [5, 5.41) is 15.5. The Morgan fingerprint density at radius 3 is 2.81 bits per heavy atom. The molecule has 0 saturated heterocycles. The Kier molecular flexibility index (Phi) is 5.94. The van der Waals surface area contributed by atoms with Crippen molar-refractivity contribution in [2.45, 2.75) is 70.1 Å².